The van der Waals surface area contributed by atoms with Gasteiger partial charge in [-0.05, 0) is 48.7 Å². The van der Waals surface area contributed by atoms with E-state index in [1.807, 2.05) is 24.4 Å². The highest BCUT2D eigenvalue weighted by atomic mass is 35.5. The number of esters is 1. The summed E-state index contributed by atoms with van der Waals surface area (Å²) in [6, 6.07) is 9.06. The highest BCUT2D eigenvalue weighted by Gasteiger charge is 2.07. The molecule has 3 aromatic rings. The maximum absolute atomic E-state index is 11.8. The van der Waals surface area contributed by atoms with Crippen LogP contribution in [0.2, 0.25) is 5.02 Å². The van der Waals surface area contributed by atoms with Gasteiger partial charge in [0, 0.05) is 34.5 Å². The van der Waals surface area contributed by atoms with Crippen LogP contribution in [-0.2, 0) is 11.2 Å². The summed E-state index contributed by atoms with van der Waals surface area (Å²) >= 11 is 6.03. The molecule has 4 nitrogen and oxygen atoms in total. The third-order valence-corrected chi connectivity index (χ3v) is 3.70. The van der Waals surface area contributed by atoms with E-state index < -0.39 is 0 Å². The number of hydrogen-bond acceptors (Lipinski definition) is 3. The first-order valence-corrected chi connectivity index (χ1v) is 7.44. The fraction of sp³-hybridized carbons (Fsp3) is 0.176. The van der Waals surface area contributed by atoms with Crippen molar-refractivity contribution in [2.75, 3.05) is 6.61 Å². The summed E-state index contributed by atoms with van der Waals surface area (Å²) in [5.74, 6) is -0.315. The van der Waals surface area contributed by atoms with Gasteiger partial charge < -0.3 is 9.72 Å². The van der Waals surface area contributed by atoms with Crippen molar-refractivity contribution in [2.24, 2.45) is 0 Å². The highest BCUT2D eigenvalue weighted by molar-refractivity contribution is 6.31. The minimum Gasteiger partial charge on any atom is -0.462 e. The van der Waals surface area contributed by atoms with E-state index in [1.54, 1.807) is 24.5 Å². The topological polar surface area (TPSA) is 55.0 Å². The average molecular weight is 315 g/mol. The minimum atomic E-state index is -0.315. The monoisotopic (exact) mass is 314 g/mol. The summed E-state index contributed by atoms with van der Waals surface area (Å²) in [4.78, 5) is 18.9. The van der Waals surface area contributed by atoms with Gasteiger partial charge in [0.05, 0.1) is 12.2 Å². The van der Waals surface area contributed by atoms with Gasteiger partial charge in [-0.15, -0.1) is 0 Å². The van der Waals surface area contributed by atoms with Crippen LogP contribution >= 0.6 is 11.6 Å². The highest BCUT2D eigenvalue weighted by Crippen LogP contribution is 2.23. The molecule has 0 saturated carbocycles. The van der Waals surface area contributed by atoms with E-state index in [4.69, 9.17) is 16.3 Å². The zero-order chi connectivity index (χ0) is 15.4. The molecule has 0 aliphatic rings. The molecule has 1 N–H and O–H groups in total. The van der Waals surface area contributed by atoms with Gasteiger partial charge in [0.1, 0.15) is 0 Å². The zero-order valence-corrected chi connectivity index (χ0v) is 12.6. The Balaban J connectivity index is 1.54. The zero-order valence-electron chi connectivity index (χ0n) is 11.9. The van der Waals surface area contributed by atoms with Gasteiger partial charge in [0.15, 0.2) is 0 Å². The number of nitrogens with zero attached hydrogens (tertiary/aromatic N) is 1. The number of aromatic amines is 1. The average Bonchev–Trinajstić information content (AvgIpc) is 2.94. The number of pyridine rings is 1. The lowest BCUT2D eigenvalue weighted by Crippen LogP contribution is -2.07. The van der Waals surface area contributed by atoms with Crippen molar-refractivity contribution < 1.29 is 9.53 Å². The second-order valence-corrected chi connectivity index (χ2v) is 5.42. The van der Waals surface area contributed by atoms with Crippen LogP contribution in [0.5, 0.6) is 0 Å². The third kappa shape index (κ3) is 3.28. The van der Waals surface area contributed by atoms with Crippen LogP contribution in [0.4, 0.5) is 0 Å². The first kappa shape index (κ1) is 14.6. The molecule has 0 unspecified atom stereocenters. The Morgan fingerprint density at radius 3 is 2.86 bits per heavy atom. The van der Waals surface area contributed by atoms with Crippen LogP contribution in [0.1, 0.15) is 22.3 Å². The molecule has 0 atom stereocenters. The maximum Gasteiger partial charge on any atom is 0.338 e. The summed E-state index contributed by atoms with van der Waals surface area (Å²) < 4.78 is 5.26. The quantitative estimate of drug-likeness (QED) is 0.572. The van der Waals surface area contributed by atoms with Crippen molar-refractivity contribution in [3.63, 3.8) is 0 Å². The predicted octanol–water partition coefficient (Wildman–Crippen LogP) is 4.01. The SMILES string of the molecule is O=C(OCCCc1c[nH]c2ccc(Cl)cc12)c1ccncc1. The van der Waals surface area contributed by atoms with Gasteiger partial charge in [-0.25, -0.2) is 4.79 Å². The van der Waals surface area contributed by atoms with Gasteiger partial charge >= 0.3 is 5.97 Å². The smallest absolute Gasteiger partial charge is 0.338 e. The number of aryl methyl sites for hydroxylation is 1. The van der Waals surface area contributed by atoms with Crippen LogP contribution < -0.4 is 0 Å². The minimum absolute atomic E-state index is 0.315. The third-order valence-electron chi connectivity index (χ3n) is 3.47. The molecule has 22 heavy (non-hydrogen) atoms. The molecule has 0 aliphatic heterocycles. The Morgan fingerprint density at radius 2 is 2.05 bits per heavy atom. The summed E-state index contributed by atoms with van der Waals surface area (Å²) in [6.07, 6.45) is 6.71. The van der Waals surface area contributed by atoms with Crippen LogP contribution in [0, 0.1) is 0 Å². The molecule has 2 aromatic heterocycles. The van der Waals surface area contributed by atoms with Gasteiger partial charge in [-0.2, -0.15) is 0 Å². The van der Waals surface area contributed by atoms with Gasteiger partial charge in [0.25, 0.3) is 0 Å². The molecule has 0 radical (unpaired) electrons. The van der Waals surface area contributed by atoms with E-state index in [0.717, 1.165) is 28.8 Å². The molecule has 0 fully saturated rings. The van der Waals surface area contributed by atoms with Gasteiger partial charge in [-0.1, -0.05) is 11.6 Å². The lowest BCUT2D eigenvalue weighted by Gasteiger charge is -2.04. The van der Waals surface area contributed by atoms with Crippen molar-refractivity contribution in [3.8, 4) is 0 Å². The van der Waals surface area contributed by atoms with Crippen molar-refractivity contribution in [2.45, 2.75) is 12.8 Å². The molecule has 0 spiro atoms. The van der Waals surface area contributed by atoms with Crippen molar-refractivity contribution in [1.82, 2.24) is 9.97 Å². The van der Waals surface area contributed by atoms with Crippen molar-refractivity contribution in [3.05, 3.63) is 65.1 Å². The predicted molar refractivity (Wildman–Crippen MR) is 86.1 cm³/mol. The number of ether oxygens (including phenoxy) is 1. The number of nitrogens with one attached hydrogen (secondary N) is 1. The molecular formula is C17H15ClN2O2. The number of benzene rings is 1. The summed E-state index contributed by atoms with van der Waals surface area (Å²) in [5.41, 5.74) is 2.76. The van der Waals surface area contributed by atoms with Crippen LogP contribution in [0.15, 0.2) is 48.9 Å². The molecule has 112 valence electrons. The van der Waals surface area contributed by atoms with Crippen LogP contribution in [-0.4, -0.2) is 22.5 Å². The molecular weight excluding hydrogens is 300 g/mol. The first-order chi connectivity index (χ1) is 10.7. The fourth-order valence-electron chi connectivity index (χ4n) is 2.36. The summed E-state index contributed by atoms with van der Waals surface area (Å²) in [6.45, 7) is 0.383. The number of hydrogen-bond donors (Lipinski definition) is 1. The van der Waals surface area contributed by atoms with Gasteiger partial charge in [-0.3, -0.25) is 4.98 Å². The number of H-pyrrole nitrogens is 1. The molecule has 0 aliphatic carbocycles. The number of fused-ring (bicyclic) bond motifs is 1. The maximum atomic E-state index is 11.8. The van der Waals surface area contributed by atoms with E-state index in [0.29, 0.717) is 12.2 Å². The Bertz CT molecular complexity index is 784. The second kappa shape index (κ2) is 6.62. The Labute approximate surface area is 133 Å². The largest absolute Gasteiger partial charge is 0.462 e. The Hall–Kier alpha value is -2.33. The molecule has 0 bridgehead atoms. The molecule has 2 heterocycles. The fourth-order valence-corrected chi connectivity index (χ4v) is 2.53. The molecule has 0 amide bonds. The van der Waals surface area contributed by atoms with Crippen LogP contribution in [0.25, 0.3) is 10.9 Å². The second-order valence-electron chi connectivity index (χ2n) is 4.98. The van der Waals surface area contributed by atoms with Crippen molar-refractivity contribution in [1.29, 1.82) is 0 Å². The summed E-state index contributed by atoms with van der Waals surface area (Å²) in [7, 11) is 0. The number of carbonyl (C=O) groups excluding carboxylic acids is 1. The Kier molecular flexibility index (Phi) is 4.39. The normalized spacial score (nSPS) is 10.8. The van der Waals surface area contributed by atoms with Crippen LogP contribution in [0.3, 0.4) is 0 Å². The lowest BCUT2D eigenvalue weighted by atomic mass is 10.1. The summed E-state index contributed by atoms with van der Waals surface area (Å²) in [5, 5.41) is 1.84. The van der Waals surface area contributed by atoms with E-state index in [1.165, 1.54) is 5.56 Å². The number of carbonyl (C=O) groups is 1. The molecule has 3 rings (SSSR count). The standard InChI is InChI=1S/C17H15ClN2O2/c18-14-3-4-16-15(10-14)13(11-20-16)2-1-9-22-17(21)12-5-7-19-8-6-12/h3-8,10-11,20H,1-2,9H2. The lowest BCUT2D eigenvalue weighted by molar-refractivity contribution is 0.0500. The number of halogens is 1. The molecule has 0 saturated heterocycles. The first-order valence-electron chi connectivity index (χ1n) is 7.07. The van der Waals surface area contributed by atoms with E-state index in [9.17, 15) is 4.79 Å². The molecule has 1 aromatic carbocycles. The van der Waals surface area contributed by atoms with E-state index in [2.05, 4.69) is 9.97 Å². The van der Waals surface area contributed by atoms with E-state index >= 15 is 0 Å². The molecule has 5 heteroatoms. The number of rotatable bonds is 5. The Morgan fingerprint density at radius 1 is 1.23 bits per heavy atom. The van der Waals surface area contributed by atoms with Gasteiger partial charge in [0.2, 0.25) is 0 Å². The van der Waals surface area contributed by atoms with Crippen molar-refractivity contribution >= 4 is 28.5 Å². The number of aromatic nitrogens is 2. The van der Waals surface area contributed by atoms with E-state index in [-0.39, 0.29) is 5.97 Å².